The summed E-state index contributed by atoms with van der Waals surface area (Å²) in [4.78, 5) is 1.47. The van der Waals surface area contributed by atoms with Crippen LogP contribution in [-0.4, -0.2) is 12.6 Å². The molecule has 0 amide bonds. The minimum absolute atomic E-state index is 0.689. The Bertz CT molecular complexity index is 319. The first-order valence-electron chi connectivity index (χ1n) is 6.21. The van der Waals surface area contributed by atoms with Crippen LogP contribution in [0.15, 0.2) is 15.9 Å². The van der Waals surface area contributed by atoms with E-state index in [4.69, 9.17) is 0 Å². The van der Waals surface area contributed by atoms with Crippen molar-refractivity contribution in [3.63, 3.8) is 0 Å². The summed E-state index contributed by atoms with van der Waals surface area (Å²) in [5, 5.41) is 3.63. The molecule has 1 N–H and O–H groups in total. The lowest BCUT2D eigenvalue weighted by molar-refractivity contribution is 0.266. The van der Waals surface area contributed by atoms with E-state index in [0.29, 0.717) is 6.04 Å². The molecule has 0 saturated heterocycles. The molecule has 1 nitrogen and oxygen atoms in total. The third-order valence-corrected chi connectivity index (χ3v) is 5.09. The van der Waals surface area contributed by atoms with Crippen LogP contribution in [0.2, 0.25) is 0 Å². The van der Waals surface area contributed by atoms with Crippen molar-refractivity contribution in [2.45, 2.75) is 45.1 Å². The molecule has 0 aromatic carbocycles. The number of nitrogens with one attached hydrogen (secondary N) is 1. The van der Waals surface area contributed by atoms with Gasteiger partial charge >= 0.3 is 0 Å². The van der Waals surface area contributed by atoms with E-state index in [1.54, 1.807) is 0 Å². The molecule has 0 aliphatic heterocycles. The van der Waals surface area contributed by atoms with Gasteiger partial charge in [0.05, 0.1) is 3.79 Å². The van der Waals surface area contributed by atoms with Gasteiger partial charge in [-0.2, -0.15) is 0 Å². The van der Waals surface area contributed by atoms with Crippen LogP contribution in [0.3, 0.4) is 0 Å². The summed E-state index contributed by atoms with van der Waals surface area (Å²) < 4.78 is 1.24. The Labute approximate surface area is 111 Å². The quantitative estimate of drug-likeness (QED) is 0.829. The third kappa shape index (κ3) is 3.86. The Kier molecular flexibility index (Phi) is 4.86. The van der Waals surface area contributed by atoms with Crippen LogP contribution in [0.5, 0.6) is 0 Å². The van der Waals surface area contributed by atoms with Crippen LogP contribution in [0.1, 0.15) is 37.5 Å². The summed E-state index contributed by atoms with van der Waals surface area (Å²) in [6.45, 7) is 3.43. The molecule has 1 aromatic heterocycles. The van der Waals surface area contributed by atoms with Gasteiger partial charge in [-0.15, -0.1) is 11.3 Å². The highest BCUT2D eigenvalue weighted by Crippen LogP contribution is 2.30. The maximum atomic E-state index is 3.63. The minimum atomic E-state index is 0.689. The minimum Gasteiger partial charge on any atom is -0.314 e. The molecule has 0 bridgehead atoms. The van der Waals surface area contributed by atoms with Gasteiger partial charge in [0.1, 0.15) is 0 Å². The maximum absolute atomic E-state index is 3.63. The molecular weight excluding hydrogens is 282 g/mol. The second-order valence-corrected chi connectivity index (χ2v) is 7.39. The predicted octanol–water partition coefficient (Wildman–Crippen LogP) is 4.22. The SMILES string of the molecule is CC(CC1CCC1)NCCc1ccc(Br)s1. The fourth-order valence-corrected chi connectivity index (χ4v) is 3.72. The van der Waals surface area contributed by atoms with Gasteiger partial charge in [0.15, 0.2) is 0 Å². The van der Waals surface area contributed by atoms with E-state index in [-0.39, 0.29) is 0 Å². The number of halogens is 1. The van der Waals surface area contributed by atoms with Crippen LogP contribution in [0.25, 0.3) is 0 Å². The second kappa shape index (κ2) is 6.18. The highest BCUT2D eigenvalue weighted by Gasteiger charge is 2.19. The van der Waals surface area contributed by atoms with Crippen LogP contribution in [0.4, 0.5) is 0 Å². The molecule has 0 spiro atoms. The normalized spacial score (nSPS) is 18.4. The zero-order chi connectivity index (χ0) is 11.4. The van der Waals surface area contributed by atoms with Gasteiger partial charge in [-0.25, -0.2) is 0 Å². The molecule has 1 aliphatic carbocycles. The third-order valence-electron chi connectivity index (χ3n) is 3.40. The topological polar surface area (TPSA) is 12.0 Å². The molecule has 1 fully saturated rings. The van der Waals surface area contributed by atoms with Crippen molar-refractivity contribution in [2.24, 2.45) is 5.92 Å². The first-order chi connectivity index (χ1) is 7.74. The Morgan fingerprint density at radius 1 is 1.50 bits per heavy atom. The molecule has 16 heavy (non-hydrogen) atoms. The van der Waals surface area contributed by atoms with Crippen molar-refractivity contribution < 1.29 is 0 Å². The highest BCUT2D eigenvalue weighted by atomic mass is 79.9. The van der Waals surface area contributed by atoms with E-state index < -0.39 is 0 Å². The number of thiophene rings is 1. The smallest absolute Gasteiger partial charge is 0.0701 e. The van der Waals surface area contributed by atoms with Gasteiger partial charge in [-0.05, 0) is 53.7 Å². The second-order valence-electron chi connectivity index (χ2n) is 4.84. The standard InChI is InChI=1S/C13H20BrNS/c1-10(9-11-3-2-4-11)15-8-7-12-5-6-13(14)16-12/h5-6,10-11,15H,2-4,7-9H2,1H3. The molecule has 1 heterocycles. The first-order valence-corrected chi connectivity index (χ1v) is 7.82. The molecule has 1 unspecified atom stereocenters. The monoisotopic (exact) mass is 301 g/mol. The Hall–Kier alpha value is 0.140. The average Bonchev–Trinajstić information content (AvgIpc) is 2.58. The highest BCUT2D eigenvalue weighted by molar-refractivity contribution is 9.11. The van der Waals surface area contributed by atoms with Crippen LogP contribution >= 0.6 is 27.3 Å². The molecule has 3 heteroatoms. The lowest BCUT2D eigenvalue weighted by Gasteiger charge is -2.28. The predicted molar refractivity (Wildman–Crippen MR) is 75.1 cm³/mol. The lowest BCUT2D eigenvalue weighted by Crippen LogP contribution is -2.31. The van der Waals surface area contributed by atoms with E-state index in [2.05, 4.69) is 40.3 Å². The molecule has 90 valence electrons. The van der Waals surface area contributed by atoms with Crippen molar-refractivity contribution in [1.82, 2.24) is 5.32 Å². The Morgan fingerprint density at radius 3 is 2.88 bits per heavy atom. The number of hydrogen-bond donors (Lipinski definition) is 1. The van der Waals surface area contributed by atoms with Crippen LogP contribution < -0.4 is 5.32 Å². The van der Waals surface area contributed by atoms with Crippen LogP contribution in [-0.2, 0) is 6.42 Å². The summed E-state index contributed by atoms with van der Waals surface area (Å²) in [6, 6.07) is 5.04. The molecule has 2 rings (SSSR count). The number of hydrogen-bond acceptors (Lipinski definition) is 2. The van der Waals surface area contributed by atoms with Crippen molar-refractivity contribution in [2.75, 3.05) is 6.54 Å². The molecule has 0 radical (unpaired) electrons. The fraction of sp³-hybridized carbons (Fsp3) is 0.692. The van der Waals surface area contributed by atoms with Gasteiger partial charge in [0, 0.05) is 17.5 Å². The molecular formula is C13H20BrNS. The summed E-state index contributed by atoms with van der Waals surface area (Å²) in [5.74, 6) is 1.01. The summed E-state index contributed by atoms with van der Waals surface area (Å²) in [5.41, 5.74) is 0. The van der Waals surface area contributed by atoms with Crippen molar-refractivity contribution in [1.29, 1.82) is 0 Å². The average molecular weight is 302 g/mol. The van der Waals surface area contributed by atoms with Gasteiger partial charge in [-0.3, -0.25) is 0 Å². The summed E-state index contributed by atoms with van der Waals surface area (Å²) in [6.07, 6.45) is 6.91. The lowest BCUT2D eigenvalue weighted by atomic mass is 9.81. The van der Waals surface area contributed by atoms with E-state index >= 15 is 0 Å². The Balaban J connectivity index is 1.59. The van der Waals surface area contributed by atoms with E-state index in [9.17, 15) is 0 Å². The maximum Gasteiger partial charge on any atom is 0.0701 e. The van der Waals surface area contributed by atoms with Gasteiger partial charge in [-0.1, -0.05) is 19.3 Å². The molecule has 1 saturated carbocycles. The van der Waals surface area contributed by atoms with Gasteiger partial charge in [0.25, 0.3) is 0 Å². The van der Waals surface area contributed by atoms with Crippen molar-refractivity contribution in [3.8, 4) is 0 Å². The number of rotatable bonds is 6. The van der Waals surface area contributed by atoms with Crippen LogP contribution in [0, 0.1) is 5.92 Å². The van der Waals surface area contributed by atoms with E-state index in [1.165, 1.54) is 34.3 Å². The van der Waals surface area contributed by atoms with Crippen molar-refractivity contribution >= 4 is 27.3 Å². The Morgan fingerprint density at radius 2 is 2.31 bits per heavy atom. The fourth-order valence-electron chi connectivity index (χ4n) is 2.24. The van der Waals surface area contributed by atoms with Crippen molar-refractivity contribution in [3.05, 3.63) is 20.8 Å². The van der Waals surface area contributed by atoms with E-state index in [1.807, 2.05) is 11.3 Å². The van der Waals surface area contributed by atoms with Gasteiger partial charge in [0.2, 0.25) is 0 Å². The largest absolute Gasteiger partial charge is 0.314 e. The summed E-state index contributed by atoms with van der Waals surface area (Å²) >= 11 is 5.35. The molecule has 1 aliphatic rings. The molecule has 1 atom stereocenters. The zero-order valence-electron chi connectivity index (χ0n) is 9.84. The van der Waals surface area contributed by atoms with E-state index in [0.717, 1.165) is 18.9 Å². The first kappa shape index (κ1) is 12.6. The molecule has 1 aromatic rings. The van der Waals surface area contributed by atoms with Gasteiger partial charge < -0.3 is 5.32 Å². The summed E-state index contributed by atoms with van der Waals surface area (Å²) in [7, 11) is 0. The zero-order valence-corrected chi connectivity index (χ0v) is 12.2.